The highest BCUT2D eigenvalue weighted by Gasteiger charge is 2.21. The number of aromatic nitrogens is 1. The van der Waals surface area contributed by atoms with Crippen LogP contribution in [0.25, 0.3) is 10.9 Å². The molecular formula is C16H22N4S. The van der Waals surface area contributed by atoms with Gasteiger partial charge in [-0.2, -0.15) is 0 Å². The van der Waals surface area contributed by atoms with E-state index in [2.05, 4.69) is 43.1 Å². The fourth-order valence-electron chi connectivity index (χ4n) is 1.90. The van der Waals surface area contributed by atoms with Gasteiger partial charge in [0.15, 0.2) is 0 Å². The average molecular weight is 302 g/mol. The molecule has 112 valence electrons. The topological polar surface area (TPSA) is 54.2 Å². The third-order valence-corrected chi connectivity index (χ3v) is 4.11. The zero-order chi connectivity index (χ0) is 15.6. The molecule has 1 heterocycles. The van der Waals surface area contributed by atoms with Crippen LogP contribution < -0.4 is 11.1 Å². The fraction of sp³-hybridized carbons (Fsp3) is 0.375. The molecule has 5 heteroatoms. The van der Waals surface area contributed by atoms with Crippen LogP contribution in [0.3, 0.4) is 0 Å². The molecule has 21 heavy (non-hydrogen) atoms. The van der Waals surface area contributed by atoms with Crippen molar-refractivity contribution in [2.75, 3.05) is 26.0 Å². The van der Waals surface area contributed by atoms with Gasteiger partial charge in [0.2, 0.25) is 0 Å². The maximum Gasteiger partial charge on any atom is 0.137 e. The molecule has 1 aromatic carbocycles. The van der Waals surface area contributed by atoms with Gasteiger partial charge in [-0.3, -0.25) is 0 Å². The zero-order valence-electron chi connectivity index (χ0n) is 13.0. The van der Waals surface area contributed by atoms with Crippen molar-refractivity contribution in [3.8, 4) is 0 Å². The molecule has 1 aromatic heterocycles. The summed E-state index contributed by atoms with van der Waals surface area (Å²) in [5.74, 6) is 0.746. The van der Waals surface area contributed by atoms with Gasteiger partial charge in [-0.15, -0.1) is 0 Å². The number of para-hydroxylation sites is 1. The van der Waals surface area contributed by atoms with E-state index < -0.39 is 0 Å². The molecule has 0 aliphatic carbocycles. The van der Waals surface area contributed by atoms with Gasteiger partial charge >= 0.3 is 0 Å². The lowest BCUT2D eigenvalue weighted by atomic mass is 10.0. The molecule has 0 saturated carbocycles. The van der Waals surface area contributed by atoms with Gasteiger partial charge in [0.05, 0.1) is 11.1 Å². The summed E-state index contributed by atoms with van der Waals surface area (Å²) >= 11 is 5.16. The summed E-state index contributed by atoms with van der Waals surface area (Å²) < 4.78 is 0. The summed E-state index contributed by atoms with van der Waals surface area (Å²) in [5.41, 5.74) is 7.57. The summed E-state index contributed by atoms with van der Waals surface area (Å²) in [5, 5.41) is 4.43. The zero-order valence-corrected chi connectivity index (χ0v) is 13.8. The summed E-state index contributed by atoms with van der Waals surface area (Å²) in [7, 11) is 4.12. The van der Waals surface area contributed by atoms with Gasteiger partial charge in [-0.1, -0.05) is 30.4 Å². The Hall–Kier alpha value is -1.72. The van der Waals surface area contributed by atoms with Crippen LogP contribution in [-0.4, -0.2) is 41.1 Å². The maximum atomic E-state index is 5.85. The van der Waals surface area contributed by atoms with Gasteiger partial charge in [-0.05, 0) is 40.1 Å². The molecule has 0 unspecified atom stereocenters. The number of nitrogens with zero attached hydrogens (tertiary/aromatic N) is 2. The number of rotatable bonds is 5. The van der Waals surface area contributed by atoms with E-state index in [0.717, 1.165) is 28.8 Å². The number of hydrogen-bond donors (Lipinski definition) is 2. The molecule has 0 atom stereocenters. The Morgan fingerprint density at radius 1 is 1.33 bits per heavy atom. The molecule has 2 rings (SSSR count). The number of likely N-dealkylation sites (N-methyl/N-ethyl adjacent to an activating group) is 1. The second-order valence-electron chi connectivity index (χ2n) is 6.00. The Morgan fingerprint density at radius 3 is 2.62 bits per heavy atom. The van der Waals surface area contributed by atoms with Gasteiger partial charge in [0, 0.05) is 17.5 Å². The van der Waals surface area contributed by atoms with E-state index in [9.17, 15) is 0 Å². The highest BCUT2D eigenvalue weighted by atomic mass is 32.1. The molecule has 4 nitrogen and oxygen atoms in total. The number of anilines is 1. The fourth-order valence-corrected chi connectivity index (χ4v) is 2.05. The van der Waals surface area contributed by atoms with Crippen molar-refractivity contribution in [2.45, 2.75) is 19.4 Å². The SMILES string of the molecule is CN(C)C(C)(C)CNc1nc2ccccc2cc1C(N)=S. The lowest BCUT2D eigenvalue weighted by molar-refractivity contribution is 0.210. The van der Waals surface area contributed by atoms with Crippen molar-refractivity contribution in [1.29, 1.82) is 0 Å². The van der Waals surface area contributed by atoms with Crippen LogP contribution in [-0.2, 0) is 0 Å². The van der Waals surface area contributed by atoms with E-state index in [1.54, 1.807) is 0 Å². The average Bonchev–Trinajstić information content (AvgIpc) is 2.43. The molecule has 0 saturated heterocycles. The first-order valence-electron chi connectivity index (χ1n) is 6.92. The molecule has 3 N–H and O–H groups in total. The van der Waals surface area contributed by atoms with E-state index in [4.69, 9.17) is 18.0 Å². The summed E-state index contributed by atoms with van der Waals surface area (Å²) in [6.07, 6.45) is 0. The van der Waals surface area contributed by atoms with Crippen LogP contribution in [0.2, 0.25) is 0 Å². The number of nitrogens with two attached hydrogens (primary N) is 1. The van der Waals surface area contributed by atoms with Crippen LogP contribution in [0.5, 0.6) is 0 Å². The standard InChI is InChI=1S/C16H22N4S/c1-16(2,20(3)4)10-18-15-12(14(17)21)9-11-7-5-6-8-13(11)19-15/h5-9H,10H2,1-4H3,(H2,17,21)(H,18,19). The summed E-state index contributed by atoms with van der Waals surface area (Å²) in [6, 6.07) is 9.95. The van der Waals surface area contributed by atoms with E-state index in [-0.39, 0.29) is 5.54 Å². The lowest BCUT2D eigenvalue weighted by Crippen LogP contribution is -2.44. The maximum absolute atomic E-state index is 5.85. The number of pyridine rings is 1. The number of hydrogen-bond acceptors (Lipinski definition) is 4. The summed E-state index contributed by atoms with van der Waals surface area (Å²) in [6.45, 7) is 5.09. The highest BCUT2D eigenvalue weighted by molar-refractivity contribution is 7.80. The number of nitrogens with one attached hydrogen (secondary N) is 1. The quantitative estimate of drug-likeness (QED) is 0.832. The molecule has 0 amide bonds. The Labute approximate surface area is 131 Å². The lowest BCUT2D eigenvalue weighted by Gasteiger charge is -2.33. The minimum atomic E-state index is 0.000806. The Kier molecular flexibility index (Phi) is 4.44. The van der Waals surface area contributed by atoms with Gasteiger partial charge in [0.25, 0.3) is 0 Å². The van der Waals surface area contributed by atoms with Crippen LogP contribution in [0.4, 0.5) is 5.82 Å². The predicted octanol–water partition coefficient (Wildman–Crippen LogP) is 2.62. The van der Waals surface area contributed by atoms with E-state index >= 15 is 0 Å². The Bertz CT molecular complexity index is 664. The van der Waals surface area contributed by atoms with Gasteiger partial charge < -0.3 is 16.0 Å². The second-order valence-corrected chi connectivity index (χ2v) is 6.44. The number of benzene rings is 1. The minimum Gasteiger partial charge on any atom is -0.389 e. The number of thiocarbonyl (C=S) groups is 1. The molecule has 0 aliphatic rings. The molecule has 0 bridgehead atoms. The third-order valence-electron chi connectivity index (χ3n) is 3.89. The summed E-state index contributed by atoms with van der Waals surface area (Å²) in [4.78, 5) is 7.19. The van der Waals surface area contributed by atoms with Crippen LogP contribution >= 0.6 is 12.2 Å². The Balaban J connectivity index is 2.37. The second kappa shape index (κ2) is 5.95. The van der Waals surface area contributed by atoms with Crippen molar-refractivity contribution >= 4 is 33.9 Å². The van der Waals surface area contributed by atoms with Crippen LogP contribution in [0.15, 0.2) is 30.3 Å². The van der Waals surface area contributed by atoms with Crippen molar-refractivity contribution < 1.29 is 0 Å². The molecule has 0 aliphatic heterocycles. The molecule has 2 aromatic rings. The Morgan fingerprint density at radius 2 is 2.00 bits per heavy atom. The van der Waals surface area contributed by atoms with Crippen LogP contribution in [0.1, 0.15) is 19.4 Å². The van der Waals surface area contributed by atoms with E-state index in [1.165, 1.54) is 0 Å². The van der Waals surface area contributed by atoms with Gasteiger partial charge in [0.1, 0.15) is 10.8 Å². The van der Waals surface area contributed by atoms with Crippen molar-refractivity contribution in [1.82, 2.24) is 9.88 Å². The first-order chi connectivity index (χ1) is 9.81. The first kappa shape index (κ1) is 15.7. The first-order valence-corrected chi connectivity index (χ1v) is 7.33. The largest absolute Gasteiger partial charge is 0.389 e. The van der Waals surface area contributed by atoms with Crippen LogP contribution in [0, 0.1) is 0 Å². The molecule has 0 radical (unpaired) electrons. The molecule has 0 spiro atoms. The molecule has 0 fully saturated rings. The smallest absolute Gasteiger partial charge is 0.137 e. The van der Waals surface area contributed by atoms with Gasteiger partial charge in [-0.25, -0.2) is 4.98 Å². The van der Waals surface area contributed by atoms with E-state index in [1.807, 2.05) is 30.3 Å². The monoisotopic (exact) mass is 302 g/mol. The highest BCUT2D eigenvalue weighted by Crippen LogP contribution is 2.21. The van der Waals surface area contributed by atoms with E-state index in [0.29, 0.717) is 4.99 Å². The number of fused-ring (bicyclic) bond motifs is 1. The third kappa shape index (κ3) is 3.49. The van der Waals surface area contributed by atoms with Crippen molar-refractivity contribution in [3.05, 3.63) is 35.9 Å². The predicted molar refractivity (Wildman–Crippen MR) is 93.9 cm³/mol. The normalized spacial score (nSPS) is 11.9. The molecular weight excluding hydrogens is 280 g/mol. The van der Waals surface area contributed by atoms with Crippen molar-refractivity contribution in [3.63, 3.8) is 0 Å². The minimum absolute atomic E-state index is 0.000806. The van der Waals surface area contributed by atoms with Crippen molar-refractivity contribution in [2.24, 2.45) is 5.73 Å².